The molecule has 0 bridgehead atoms. The molecule has 2 rings (SSSR count). The molecule has 7 heteroatoms. The van der Waals surface area contributed by atoms with E-state index < -0.39 is 5.54 Å². The van der Waals surface area contributed by atoms with Crippen molar-refractivity contribution < 1.29 is 9.32 Å². The van der Waals surface area contributed by atoms with Crippen LogP contribution in [0.2, 0.25) is 0 Å². The Morgan fingerprint density at radius 3 is 2.52 bits per heavy atom. The van der Waals surface area contributed by atoms with Crippen LogP contribution in [0.4, 0.5) is 0 Å². The number of benzene rings is 1. The molecular weight excluding hydrogens is 292 g/mol. The van der Waals surface area contributed by atoms with Crippen molar-refractivity contribution in [3.8, 4) is 0 Å². The third kappa shape index (κ3) is 3.80. The molecule has 1 aromatic heterocycles. The van der Waals surface area contributed by atoms with E-state index in [4.69, 9.17) is 10.3 Å². The summed E-state index contributed by atoms with van der Waals surface area (Å²) in [5.74, 6) is 0.729. The predicted octanol–water partition coefficient (Wildman–Crippen LogP) is 1.63. The van der Waals surface area contributed by atoms with E-state index in [0.717, 1.165) is 5.56 Å². The van der Waals surface area contributed by atoms with E-state index in [1.165, 1.54) is 4.90 Å². The number of amides is 1. The summed E-state index contributed by atoms with van der Waals surface area (Å²) >= 11 is 0. The summed E-state index contributed by atoms with van der Waals surface area (Å²) in [6.45, 7) is 3.66. The highest BCUT2D eigenvalue weighted by atomic mass is 35.5. The molecule has 0 saturated carbocycles. The Balaban J connectivity index is 0.00000220. The van der Waals surface area contributed by atoms with Crippen LogP contribution in [0.3, 0.4) is 0 Å². The molecule has 1 amide bonds. The zero-order chi connectivity index (χ0) is 14.8. The zero-order valence-corrected chi connectivity index (χ0v) is 13.1. The summed E-state index contributed by atoms with van der Waals surface area (Å²) in [5, 5.41) is 3.77. The Hall–Kier alpha value is -1.92. The molecule has 0 radical (unpaired) electrons. The smallest absolute Gasteiger partial charge is 0.247 e. The molecule has 1 atom stereocenters. The number of rotatable bonds is 4. The fourth-order valence-corrected chi connectivity index (χ4v) is 1.99. The lowest BCUT2D eigenvalue weighted by atomic mass is 9.92. The number of aryl methyl sites for hydroxylation is 1. The van der Waals surface area contributed by atoms with Gasteiger partial charge in [-0.2, -0.15) is 4.98 Å². The third-order valence-electron chi connectivity index (χ3n) is 3.11. The molecule has 0 aliphatic rings. The number of aromatic nitrogens is 2. The molecule has 0 fully saturated rings. The number of carbonyl (C=O) groups excluding carboxylic acids is 1. The lowest BCUT2D eigenvalue weighted by Crippen LogP contribution is -2.49. The highest BCUT2D eigenvalue weighted by Gasteiger charge is 2.33. The van der Waals surface area contributed by atoms with Gasteiger partial charge in [0, 0.05) is 14.0 Å². The van der Waals surface area contributed by atoms with Gasteiger partial charge in [0.1, 0.15) is 5.54 Å². The Morgan fingerprint density at radius 2 is 2.00 bits per heavy atom. The second kappa shape index (κ2) is 6.69. The third-order valence-corrected chi connectivity index (χ3v) is 3.11. The summed E-state index contributed by atoms with van der Waals surface area (Å²) < 4.78 is 4.89. The fourth-order valence-electron chi connectivity index (χ4n) is 1.99. The van der Waals surface area contributed by atoms with Gasteiger partial charge in [-0.15, -0.1) is 12.4 Å². The first kappa shape index (κ1) is 17.1. The van der Waals surface area contributed by atoms with Crippen molar-refractivity contribution in [3.63, 3.8) is 0 Å². The van der Waals surface area contributed by atoms with Crippen LogP contribution in [0.5, 0.6) is 0 Å². The summed E-state index contributed by atoms with van der Waals surface area (Å²) in [5.41, 5.74) is 5.86. The second-order valence-corrected chi connectivity index (χ2v) is 4.96. The topological polar surface area (TPSA) is 85.2 Å². The van der Waals surface area contributed by atoms with Crippen LogP contribution in [0.15, 0.2) is 34.9 Å². The van der Waals surface area contributed by atoms with E-state index in [1.54, 1.807) is 20.9 Å². The van der Waals surface area contributed by atoms with Gasteiger partial charge in [0.15, 0.2) is 5.82 Å². The second-order valence-electron chi connectivity index (χ2n) is 4.96. The number of halogens is 1. The van der Waals surface area contributed by atoms with Gasteiger partial charge in [0.25, 0.3) is 0 Å². The van der Waals surface area contributed by atoms with Crippen molar-refractivity contribution in [2.75, 3.05) is 7.05 Å². The highest BCUT2D eigenvalue weighted by molar-refractivity contribution is 5.86. The maximum atomic E-state index is 12.5. The molecule has 1 heterocycles. The van der Waals surface area contributed by atoms with E-state index in [-0.39, 0.29) is 24.9 Å². The van der Waals surface area contributed by atoms with Crippen LogP contribution < -0.4 is 5.73 Å². The predicted molar refractivity (Wildman–Crippen MR) is 80.7 cm³/mol. The minimum atomic E-state index is -1.09. The van der Waals surface area contributed by atoms with Crippen molar-refractivity contribution in [2.24, 2.45) is 5.73 Å². The van der Waals surface area contributed by atoms with E-state index in [0.29, 0.717) is 11.7 Å². The molecule has 1 aromatic carbocycles. The Morgan fingerprint density at radius 1 is 1.38 bits per heavy atom. The van der Waals surface area contributed by atoms with Crippen molar-refractivity contribution in [2.45, 2.75) is 25.9 Å². The number of likely N-dealkylation sites (N-methyl/N-ethyl adjacent to an activating group) is 1. The minimum Gasteiger partial charge on any atom is -0.340 e. The summed E-state index contributed by atoms with van der Waals surface area (Å²) in [6.07, 6.45) is 0. The van der Waals surface area contributed by atoms with Crippen LogP contribution in [-0.2, 0) is 16.9 Å². The van der Waals surface area contributed by atoms with Crippen molar-refractivity contribution in [3.05, 3.63) is 47.6 Å². The van der Waals surface area contributed by atoms with Crippen molar-refractivity contribution in [1.82, 2.24) is 15.0 Å². The zero-order valence-electron chi connectivity index (χ0n) is 12.2. The van der Waals surface area contributed by atoms with Gasteiger partial charge in [0.2, 0.25) is 11.8 Å². The number of hydrogen-bond donors (Lipinski definition) is 1. The standard InChI is InChI=1S/C14H18N4O2.ClH/c1-10-16-12(17-20-10)9-18(3)13(19)14(2,15)11-7-5-4-6-8-11;/h4-8H,9,15H2,1-3H3;1H. The first-order valence-electron chi connectivity index (χ1n) is 6.30. The van der Waals surface area contributed by atoms with Crippen molar-refractivity contribution >= 4 is 18.3 Å². The quantitative estimate of drug-likeness (QED) is 0.927. The van der Waals surface area contributed by atoms with Crippen LogP contribution in [0.25, 0.3) is 0 Å². The van der Waals surface area contributed by atoms with Crippen LogP contribution >= 0.6 is 12.4 Å². The first-order chi connectivity index (χ1) is 9.41. The largest absolute Gasteiger partial charge is 0.340 e. The molecule has 0 spiro atoms. The van der Waals surface area contributed by atoms with E-state index in [9.17, 15) is 4.79 Å². The Labute approximate surface area is 129 Å². The Bertz CT molecular complexity index is 598. The van der Waals surface area contributed by atoms with Gasteiger partial charge < -0.3 is 15.2 Å². The molecule has 114 valence electrons. The monoisotopic (exact) mass is 310 g/mol. The normalized spacial score (nSPS) is 13.1. The van der Waals surface area contributed by atoms with Crippen molar-refractivity contribution in [1.29, 1.82) is 0 Å². The lowest BCUT2D eigenvalue weighted by Gasteiger charge is -2.29. The maximum absolute atomic E-state index is 12.5. The number of hydrogen-bond acceptors (Lipinski definition) is 5. The van der Waals surface area contributed by atoms with Gasteiger partial charge in [-0.1, -0.05) is 35.5 Å². The molecular formula is C14H19ClN4O2. The van der Waals surface area contributed by atoms with E-state index in [2.05, 4.69) is 10.1 Å². The molecule has 6 nitrogen and oxygen atoms in total. The summed E-state index contributed by atoms with van der Waals surface area (Å²) in [4.78, 5) is 18.1. The van der Waals surface area contributed by atoms with Gasteiger partial charge in [0.05, 0.1) is 6.54 Å². The molecule has 0 aliphatic heterocycles. The molecule has 0 saturated heterocycles. The van der Waals surface area contributed by atoms with E-state index in [1.807, 2.05) is 30.3 Å². The maximum Gasteiger partial charge on any atom is 0.247 e. The molecule has 21 heavy (non-hydrogen) atoms. The Kier molecular flexibility index (Phi) is 5.46. The first-order valence-corrected chi connectivity index (χ1v) is 6.30. The van der Waals surface area contributed by atoms with Gasteiger partial charge in [-0.05, 0) is 12.5 Å². The molecule has 2 aromatic rings. The average Bonchev–Trinajstić information content (AvgIpc) is 2.84. The lowest BCUT2D eigenvalue weighted by molar-refractivity contribution is -0.136. The van der Waals surface area contributed by atoms with Gasteiger partial charge in [-0.3, -0.25) is 4.79 Å². The number of nitrogens with zero attached hydrogens (tertiary/aromatic N) is 3. The highest BCUT2D eigenvalue weighted by Crippen LogP contribution is 2.20. The summed E-state index contributed by atoms with van der Waals surface area (Å²) in [6, 6.07) is 9.27. The van der Waals surface area contributed by atoms with Gasteiger partial charge >= 0.3 is 0 Å². The number of nitrogens with two attached hydrogens (primary N) is 1. The minimum absolute atomic E-state index is 0. The van der Waals surface area contributed by atoms with Crippen LogP contribution in [-0.4, -0.2) is 28.0 Å². The SMILES string of the molecule is Cc1nc(CN(C)C(=O)C(C)(N)c2ccccc2)no1.Cl. The van der Waals surface area contributed by atoms with Crippen LogP contribution in [0.1, 0.15) is 24.2 Å². The molecule has 1 unspecified atom stereocenters. The fraction of sp³-hybridized carbons (Fsp3) is 0.357. The number of carbonyl (C=O) groups is 1. The van der Waals surface area contributed by atoms with Gasteiger partial charge in [-0.25, -0.2) is 0 Å². The van der Waals surface area contributed by atoms with E-state index >= 15 is 0 Å². The molecule has 0 aliphatic carbocycles. The molecule has 2 N–H and O–H groups in total. The van der Waals surface area contributed by atoms with Crippen LogP contribution in [0, 0.1) is 6.92 Å². The summed E-state index contributed by atoms with van der Waals surface area (Å²) in [7, 11) is 1.67. The average molecular weight is 311 g/mol.